The Morgan fingerprint density at radius 1 is 1.15 bits per heavy atom. The minimum atomic E-state index is -0.191. The van der Waals surface area contributed by atoms with E-state index in [4.69, 9.17) is 10.2 Å². The van der Waals surface area contributed by atoms with Crippen molar-refractivity contribution in [3.63, 3.8) is 0 Å². The van der Waals surface area contributed by atoms with Crippen molar-refractivity contribution in [3.05, 3.63) is 17.9 Å². The summed E-state index contributed by atoms with van der Waals surface area (Å²) in [6.45, 7) is 1.86. The lowest BCUT2D eigenvalue weighted by atomic mass is 9.49. The van der Waals surface area contributed by atoms with Crippen LogP contribution in [-0.2, 0) is 0 Å². The summed E-state index contributed by atoms with van der Waals surface area (Å²) >= 11 is 0. The number of nitrogens with two attached hydrogens (primary N) is 1. The van der Waals surface area contributed by atoms with Gasteiger partial charge in [-0.1, -0.05) is 6.08 Å². The molecule has 1 aromatic rings. The smallest absolute Gasteiger partial charge is 0.240 e. The third-order valence-corrected chi connectivity index (χ3v) is 5.51. The van der Waals surface area contributed by atoms with Crippen LogP contribution in [0.1, 0.15) is 63.3 Å². The van der Waals surface area contributed by atoms with E-state index >= 15 is 0 Å². The first-order valence-electron chi connectivity index (χ1n) is 7.90. The van der Waals surface area contributed by atoms with Gasteiger partial charge in [0.05, 0.1) is 6.04 Å². The van der Waals surface area contributed by atoms with E-state index < -0.39 is 0 Å². The maximum atomic E-state index is 5.75. The van der Waals surface area contributed by atoms with Gasteiger partial charge in [-0.05, 0) is 74.7 Å². The van der Waals surface area contributed by atoms with Gasteiger partial charge in [-0.15, -0.1) is 10.2 Å². The summed E-state index contributed by atoms with van der Waals surface area (Å²) in [6.07, 6.45) is 12.9. The van der Waals surface area contributed by atoms with Gasteiger partial charge in [0.1, 0.15) is 0 Å². The summed E-state index contributed by atoms with van der Waals surface area (Å²) in [5.74, 6) is 4.03. The molecule has 4 heteroatoms. The molecule has 4 fully saturated rings. The molecule has 4 aliphatic rings. The Morgan fingerprint density at radius 3 is 2.25 bits per heavy atom. The Balaban J connectivity index is 1.54. The molecule has 0 radical (unpaired) electrons. The lowest BCUT2D eigenvalue weighted by molar-refractivity contribution is -0.0233. The number of hydrogen-bond acceptors (Lipinski definition) is 4. The fourth-order valence-corrected chi connectivity index (χ4v) is 5.13. The third kappa shape index (κ3) is 2.10. The molecule has 1 heterocycles. The first kappa shape index (κ1) is 12.6. The van der Waals surface area contributed by atoms with Crippen molar-refractivity contribution in [2.24, 2.45) is 28.9 Å². The standard InChI is InChI=1S/C16H23N3O/c1-10(17)15-19-18-14(20-15)2-3-16-7-11-4-12(8-16)6-13(5-11)9-16/h2-3,10-13H,4-9,17H2,1H3/b3-2+. The molecule has 4 nitrogen and oxygen atoms in total. The van der Waals surface area contributed by atoms with Gasteiger partial charge in [0.2, 0.25) is 11.8 Å². The molecular weight excluding hydrogens is 250 g/mol. The van der Waals surface area contributed by atoms with Crippen molar-refractivity contribution in [1.29, 1.82) is 0 Å². The van der Waals surface area contributed by atoms with Crippen molar-refractivity contribution < 1.29 is 4.42 Å². The second-order valence-electron chi connectivity index (χ2n) is 7.38. The number of allylic oxidation sites excluding steroid dienone is 1. The zero-order chi connectivity index (χ0) is 13.7. The van der Waals surface area contributed by atoms with Gasteiger partial charge in [-0.25, -0.2) is 0 Å². The van der Waals surface area contributed by atoms with Crippen LogP contribution >= 0.6 is 0 Å². The minimum Gasteiger partial charge on any atom is -0.420 e. The summed E-state index contributed by atoms with van der Waals surface area (Å²) in [5, 5.41) is 8.06. The molecule has 0 amide bonds. The molecule has 4 saturated carbocycles. The fraction of sp³-hybridized carbons (Fsp3) is 0.750. The number of nitrogens with zero attached hydrogens (tertiary/aromatic N) is 2. The lowest BCUT2D eigenvalue weighted by Crippen LogP contribution is -2.44. The highest BCUT2D eigenvalue weighted by atomic mass is 16.4. The van der Waals surface area contributed by atoms with Crippen molar-refractivity contribution in [2.45, 2.75) is 51.5 Å². The molecule has 1 aromatic heterocycles. The third-order valence-electron chi connectivity index (χ3n) is 5.51. The highest BCUT2D eigenvalue weighted by Crippen LogP contribution is 2.60. The van der Waals surface area contributed by atoms with Crippen molar-refractivity contribution >= 4 is 6.08 Å². The lowest BCUT2D eigenvalue weighted by Gasteiger charge is -2.55. The Bertz CT molecular complexity index is 496. The Hall–Kier alpha value is -1.16. The molecule has 20 heavy (non-hydrogen) atoms. The molecule has 108 valence electrons. The fourth-order valence-electron chi connectivity index (χ4n) is 5.13. The first-order valence-corrected chi connectivity index (χ1v) is 7.90. The summed E-state index contributed by atoms with van der Waals surface area (Å²) in [4.78, 5) is 0. The average Bonchev–Trinajstić information content (AvgIpc) is 2.84. The molecule has 1 atom stereocenters. The van der Waals surface area contributed by atoms with Crippen LogP contribution in [0.25, 0.3) is 6.08 Å². The van der Waals surface area contributed by atoms with E-state index in [-0.39, 0.29) is 6.04 Å². The van der Waals surface area contributed by atoms with Crippen molar-refractivity contribution in [3.8, 4) is 0 Å². The van der Waals surface area contributed by atoms with E-state index in [1.165, 1.54) is 38.5 Å². The quantitative estimate of drug-likeness (QED) is 0.917. The molecule has 0 spiro atoms. The number of aromatic nitrogens is 2. The van der Waals surface area contributed by atoms with E-state index in [1.807, 2.05) is 13.0 Å². The van der Waals surface area contributed by atoms with Crippen LogP contribution in [0.2, 0.25) is 0 Å². The molecule has 4 bridgehead atoms. The molecule has 2 N–H and O–H groups in total. The number of rotatable bonds is 3. The van der Waals surface area contributed by atoms with E-state index in [2.05, 4.69) is 16.3 Å². The molecule has 0 aliphatic heterocycles. The molecule has 0 aromatic carbocycles. The highest BCUT2D eigenvalue weighted by molar-refractivity contribution is 5.39. The Morgan fingerprint density at radius 2 is 1.75 bits per heavy atom. The van der Waals surface area contributed by atoms with Gasteiger partial charge in [0.25, 0.3) is 0 Å². The van der Waals surface area contributed by atoms with Gasteiger partial charge in [-0.2, -0.15) is 0 Å². The monoisotopic (exact) mass is 273 g/mol. The van der Waals surface area contributed by atoms with Gasteiger partial charge in [0.15, 0.2) is 0 Å². The first-order chi connectivity index (χ1) is 9.62. The SMILES string of the molecule is CC(N)c1nnc(/C=C/C23CC4CC(CC(C4)C2)C3)o1. The van der Waals surface area contributed by atoms with Crippen LogP contribution in [-0.4, -0.2) is 10.2 Å². The molecular formula is C16H23N3O. The normalized spacial score (nSPS) is 40.6. The summed E-state index contributed by atoms with van der Waals surface area (Å²) < 4.78 is 5.57. The van der Waals surface area contributed by atoms with Crippen LogP contribution < -0.4 is 5.73 Å². The summed E-state index contributed by atoms with van der Waals surface area (Å²) in [7, 11) is 0. The maximum Gasteiger partial charge on any atom is 0.240 e. The van der Waals surface area contributed by atoms with Crippen LogP contribution in [0, 0.1) is 23.2 Å². The minimum absolute atomic E-state index is 0.191. The van der Waals surface area contributed by atoms with Crippen LogP contribution in [0.15, 0.2) is 10.5 Å². The van der Waals surface area contributed by atoms with E-state index in [0.717, 1.165) is 17.8 Å². The Labute approximate surface area is 119 Å². The predicted molar refractivity (Wildman–Crippen MR) is 76.5 cm³/mol. The average molecular weight is 273 g/mol. The zero-order valence-electron chi connectivity index (χ0n) is 12.1. The summed E-state index contributed by atoms with van der Waals surface area (Å²) in [6, 6.07) is -0.191. The molecule has 5 rings (SSSR count). The van der Waals surface area contributed by atoms with Crippen LogP contribution in [0.3, 0.4) is 0 Å². The van der Waals surface area contributed by atoms with Gasteiger partial charge >= 0.3 is 0 Å². The van der Waals surface area contributed by atoms with Gasteiger partial charge < -0.3 is 10.2 Å². The zero-order valence-corrected chi connectivity index (χ0v) is 12.1. The van der Waals surface area contributed by atoms with Crippen molar-refractivity contribution in [2.75, 3.05) is 0 Å². The maximum absolute atomic E-state index is 5.75. The van der Waals surface area contributed by atoms with Crippen molar-refractivity contribution in [1.82, 2.24) is 10.2 Å². The molecule has 0 saturated heterocycles. The van der Waals surface area contributed by atoms with Crippen LogP contribution in [0.4, 0.5) is 0 Å². The largest absolute Gasteiger partial charge is 0.420 e. The van der Waals surface area contributed by atoms with Gasteiger partial charge in [0, 0.05) is 0 Å². The van der Waals surface area contributed by atoms with E-state index in [1.54, 1.807) is 0 Å². The van der Waals surface area contributed by atoms with Gasteiger partial charge in [-0.3, -0.25) is 0 Å². The van der Waals surface area contributed by atoms with E-state index in [9.17, 15) is 0 Å². The second kappa shape index (κ2) is 4.42. The number of hydrogen-bond donors (Lipinski definition) is 1. The molecule has 4 aliphatic carbocycles. The predicted octanol–water partition coefficient (Wildman–Crippen LogP) is 3.32. The summed E-state index contributed by atoms with van der Waals surface area (Å²) in [5.41, 5.74) is 6.16. The molecule has 1 unspecified atom stereocenters. The highest BCUT2D eigenvalue weighted by Gasteiger charge is 2.49. The Kier molecular flexibility index (Phi) is 2.78. The van der Waals surface area contributed by atoms with E-state index in [0.29, 0.717) is 17.2 Å². The second-order valence-corrected chi connectivity index (χ2v) is 7.38. The van der Waals surface area contributed by atoms with Crippen LogP contribution in [0.5, 0.6) is 0 Å². The topological polar surface area (TPSA) is 64.9 Å².